The van der Waals surface area contributed by atoms with Crippen LogP contribution in [0, 0.1) is 0 Å². The van der Waals surface area contributed by atoms with Crippen LogP contribution in [-0.4, -0.2) is 0 Å². The third-order valence-corrected chi connectivity index (χ3v) is 13.0. The van der Waals surface area contributed by atoms with Crippen LogP contribution in [-0.2, 0) is 5.41 Å². The van der Waals surface area contributed by atoms with Crippen LogP contribution in [0.5, 0.6) is 0 Å². The second kappa shape index (κ2) is 10.4. The van der Waals surface area contributed by atoms with Gasteiger partial charge in [-0.1, -0.05) is 163 Å². The Morgan fingerprint density at radius 1 is 0.308 bits per heavy atom. The van der Waals surface area contributed by atoms with Crippen LogP contribution in [0.2, 0.25) is 0 Å². The molecule has 240 valence electrons. The van der Waals surface area contributed by atoms with Crippen LogP contribution in [0.1, 0.15) is 22.3 Å². The highest BCUT2D eigenvalue weighted by Gasteiger charge is 2.52. The summed E-state index contributed by atoms with van der Waals surface area (Å²) in [5, 5.41) is 5.23. The lowest BCUT2D eigenvalue weighted by Crippen LogP contribution is -2.25. The maximum Gasteiger partial charge on any atom is 0.0725 e. The Kier molecular flexibility index (Phi) is 5.73. The molecular weight excluding hydrogens is 645 g/mol. The third-order valence-electron chi connectivity index (χ3n) is 11.9. The van der Waals surface area contributed by atoms with Gasteiger partial charge in [-0.05, 0) is 124 Å². The standard InChI is InChI=1S/C51H30S/c1-2-13-33-30-46-41(28-32(33)12-1)37-18-5-7-22-43(37)51(46)44-23-8-6-19-40(44)50-38(21-11-24-45(50)51)36-17-4-3-16-35(36)34-26-27-47-42(29-34)39-20-9-14-31-15-10-25-48(52-47)49(31)39/h1-30H. The minimum atomic E-state index is -0.401. The summed E-state index contributed by atoms with van der Waals surface area (Å²) in [5.74, 6) is 0. The van der Waals surface area contributed by atoms with E-state index in [0.717, 1.165) is 0 Å². The van der Waals surface area contributed by atoms with Gasteiger partial charge in [-0.3, -0.25) is 0 Å². The first kappa shape index (κ1) is 28.5. The largest absolute Gasteiger partial charge is 0.0888 e. The highest BCUT2D eigenvalue weighted by molar-refractivity contribution is 7.99. The summed E-state index contributed by atoms with van der Waals surface area (Å²) < 4.78 is 0. The molecule has 2 aliphatic carbocycles. The molecule has 0 radical (unpaired) electrons. The zero-order valence-corrected chi connectivity index (χ0v) is 29.0. The van der Waals surface area contributed by atoms with Crippen LogP contribution in [0.15, 0.2) is 192 Å². The summed E-state index contributed by atoms with van der Waals surface area (Å²) in [6.07, 6.45) is 0. The first-order chi connectivity index (χ1) is 25.8. The molecule has 1 heteroatoms. The average Bonchev–Trinajstić information content (AvgIpc) is 3.67. The topological polar surface area (TPSA) is 0 Å². The Bertz CT molecular complexity index is 3000. The van der Waals surface area contributed by atoms with Crippen molar-refractivity contribution in [3.05, 3.63) is 204 Å². The Morgan fingerprint density at radius 2 is 0.904 bits per heavy atom. The van der Waals surface area contributed by atoms with Crippen LogP contribution in [0.4, 0.5) is 0 Å². The van der Waals surface area contributed by atoms with Crippen molar-refractivity contribution in [3.63, 3.8) is 0 Å². The molecule has 3 aliphatic rings. The Morgan fingerprint density at radius 3 is 1.75 bits per heavy atom. The number of fused-ring (bicyclic) bond motifs is 13. The zero-order valence-electron chi connectivity index (χ0n) is 28.2. The van der Waals surface area contributed by atoms with E-state index >= 15 is 0 Å². The molecule has 0 N–H and O–H groups in total. The molecule has 9 aromatic carbocycles. The van der Waals surface area contributed by atoms with Gasteiger partial charge >= 0.3 is 0 Å². The third kappa shape index (κ3) is 3.63. The van der Waals surface area contributed by atoms with Crippen molar-refractivity contribution in [2.45, 2.75) is 15.2 Å². The fourth-order valence-corrected chi connectivity index (χ4v) is 10.9. The summed E-state index contributed by atoms with van der Waals surface area (Å²) in [5.41, 5.74) is 18.1. The normalized spacial score (nSPS) is 15.7. The van der Waals surface area contributed by atoms with E-state index in [1.54, 1.807) is 0 Å². The number of hydrogen-bond acceptors (Lipinski definition) is 1. The molecule has 0 saturated heterocycles. The minimum Gasteiger partial charge on any atom is -0.0888 e. The predicted molar refractivity (Wildman–Crippen MR) is 218 cm³/mol. The van der Waals surface area contributed by atoms with Gasteiger partial charge in [0.15, 0.2) is 0 Å². The minimum absolute atomic E-state index is 0.401. The second-order valence-electron chi connectivity index (χ2n) is 14.3. The van der Waals surface area contributed by atoms with E-state index in [1.807, 2.05) is 11.8 Å². The number of hydrogen-bond donors (Lipinski definition) is 0. The van der Waals surface area contributed by atoms with Gasteiger partial charge in [-0.2, -0.15) is 0 Å². The monoisotopic (exact) mass is 674 g/mol. The van der Waals surface area contributed by atoms with Gasteiger partial charge in [-0.15, -0.1) is 0 Å². The van der Waals surface area contributed by atoms with E-state index in [2.05, 4.69) is 182 Å². The van der Waals surface area contributed by atoms with Gasteiger partial charge in [0.2, 0.25) is 0 Å². The van der Waals surface area contributed by atoms with E-state index < -0.39 is 5.41 Å². The molecule has 52 heavy (non-hydrogen) atoms. The van der Waals surface area contributed by atoms with Crippen molar-refractivity contribution in [1.82, 2.24) is 0 Å². The van der Waals surface area contributed by atoms with Gasteiger partial charge in [0.05, 0.1) is 5.41 Å². The van der Waals surface area contributed by atoms with Crippen molar-refractivity contribution in [1.29, 1.82) is 0 Å². The number of benzene rings is 9. The maximum atomic E-state index is 2.47. The fraction of sp³-hybridized carbons (Fsp3) is 0.0196. The average molecular weight is 675 g/mol. The molecule has 0 bridgehead atoms. The molecule has 1 heterocycles. The lowest BCUT2D eigenvalue weighted by molar-refractivity contribution is 0.795. The molecule has 0 amide bonds. The van der Waals surface area contributed by atoms with E-state index in [0.29, 0.717) is 0 Å². The van der Waals surface area contributed by atoms with Crippen LogP contribution >= 0.6 is 11.8 Å². The Hall–Kier alpha value is -6.15. The van der Waals surface area contributed by atoms with Crippen LogP contribution in [0.25, 0.3) is 77.2 Å². The molecule has 0 saturated carbocycles. The highest BCUT2D eigenvalue weighted by Crippen LogP contribution is 2.64. The summed E-state index contributed by atoms with van der Waals surface area (Å²) in [6, 6.07) is 68.5. The van der Waals surface area contributed by atoms with Gasteiger partial charge in [0, 0.05) is 15.2 Å². The molecule has 1 atom stereocenters. The number of rotatable bonds is 2. The molecule has 1 aliphatic heterocycles. The summed E-state index contributed by atoms with van der Waals surface area (Å²) in [6.45, 7) is 0. The molecule has 0 nitrogen and oxygen atoms in total. The first-order valence-corrected chi connectivity index (χ1v) is 18.9. The summed E-state index contributed by atoms with van der Waals surface area (Å²) >= 11 is 1.89. The molecule has 9 aromatic rings. The molecule has 1 unspecified atom stereocenters. The molecule has 12 rings (SSSR count). The molecule has 0 fully saturated rings. The van der Waals surface area contributed by atoms with E-state index in [9.17, 15) is 0 Å². The van der Waals surface area contributed by atoms with Gasteiger partial charge in [0.25, 0.3) is 0 Å². The lowest BCUT2D eigenvalue weighted by Gasteiger charge is -2.30. The molecular formula is C51H30S. The second-order valence-corrected chi connectivity index (χ2v) is 15.4. The van der Waals surface area contributed by atoms with Crippen molar-refractivity contribution in [3.8, 4) is 55.6 Å². The van der Waals surface area contributed by atoms with E-state index in [-0.39, 0.29) is 0 Å². The van der Waals surface area contributed by atoms with Crippen molar-refractivity contribution >= 4 is 33.3 Å². The SMILES string of the molecule is c1ccc(-c2cccc3c2-c2ccccc2C32c3ccccc3-c3cc4ccccc4cc32)c(-c2ccc3c(c2)-c2cccc4cccc(c24)S3)c1. The van der Waals surface area contributed by atoms with E-state index in [1.165, 1.54) is 109 Å². The summed E-state index contributed by atoms with van der Waals surface area (Å²) in [4.78, 5) is 2.65. The van der Waals surface area contributed by atoms with Gasteiger partial charge < -0.3 is 0 Å². The van der Waals surface area contributed by atoms with Crippen molar-refractivity contribution in [2.75, 3.05) is 0 Å². The van der Waals surface area contributed by atoms with Crippen molar-refractivity contribution < 1.29 is 0 Å². The Balaban J connectivity index is 1.11. The quantitative estimate of drug-likeness (QED) is 0.176. The predicted octanol–water partition coefficient (Wildman–Crippen LogP) is 13.8. The van der Waals surface area contributed by atoms with Crippen molar-refractivity contribution in [2.24, 2.45) is 0 Å². The van der Waals surface area contributed by atoms with Gasteiger partial charge in [-0.25, -0.2) is 0 Å². The Labute approximate surface area is 307 Å². The first-order valence-electron chi connectivity index (χ1n) is 18.1. The highest BCUT2D eigenvalue weighted by atomic mass is 32.2. The van der Waals surface area contributed by atoms with Crippen LogP contribution in [0.3, 0.4) is 0 Å². The van der Waals surface area contributed by atoms with E-state index in [4.69, 9.17) is 0 Å². The molecule has 0 aromatic heterocycles. The lowest BCUT2D eigenvalue weighted by atomic mass is 9.70. The molecule has 1 spiro atoms. The van der Waals surface area contributed by atoms with Gasteiger partial charge in [0.1, 0.15) is 0 Å². The maximum absolute atomic E-state index is 2.47. The smallest absolute Gasteiger partial charge is 0.0725 e. The summed E-state index contributed by atoms with van der Waals surface area (Å²) in [7, 11) is 0. The van der Waals surface area contributed by atoms with Crippen LogP contribution < -0.4 is 0 Å². The fourth-order valence-electron chi connectivity index (χ4n) is 9.80. The zero-order chi connectivity index (χ0) is 34.0.